The van der Waals surface area contributed by atoms with Crippen LogP contribution in [0, 0.1) is 0 Å². The van der Waals surface area contributed by atoms with E-state index >= 15 is 0 Å². The summed E-state index contributed by atoms with van der Waals surface area (Å²) in [7, 11) is 4.22. The minimum absolute atomic E-state index is 0.806. The van der Waals surface area contributed by atoms with Crippen molar-refractivity contribution < 1.29 is 0 Å². The second kappa shape index (κ2) is 10.3. The van der Waals surface area contributed by atoms with Gasteiger partial charge >= 0.3 is 0 Å². The van der Waals surface area contributed by atoms with E-state index in [2.05, 4.69) is 24.3 Å². The lowest BCUT2D eigenvalue weighted by molar-refractivity contribution is 0.394. The summed E-state index contributed by atoms with van der Waals surface area (Å²) in [6, 6.07) is 0. The number of alkyl halides is 1. The molecule has 80 valence electrons. The lowest BCUT2D eigenvalue weighted by atomic mass is 10.2. The Kier molecular flexibility index (Phi) is 10.5. The lowest BCUT2D eigenvalue weighted by Gasteiger charge is -2.09. The van der Waals surface area contributed by atoms with Crippen LogP contribution in [0.2, 0.25) is 0 Å². The van der Waals surface area contributed by atoms with Gasteiger partial charge in [0.1, 0.15) is 0 Å². The number of nitrogens with one attached hydrogen (secondary N) is 1. The largest absolute Gasteiger partial charge is 0.317 e. The minimum Gasteiger partial charge on any atom is -0.317 e. The van der Waals surface area contributed by atoms with E-state index in [1.54, 1.807) is 0 Å². The summed E-state index contributed by atoms with van der Waals surface area (Å²) < 4.78 is 0. The van der Waals surface area contributed by atoms with Gasteiger partial charge in [0.05, 0.1) is 0 Å². The van der Waals surface area contributed by atoms with Gasteiger partial charge in [0, 0.05) is 5.88 Å². The van der Waals surface area contributed by atoms with Gasteiger partial charge < -0.3 is 10.2 Å². The number of halogens is 1. The third-order valence-electron chi connectivity index (χ3n) is 1.95. The monoisotopic (exact) mass is 206 g/mol. The molecule has 0 saturated heterocycles. The highest BCUT2D eigenvalue weighted by molar-refractivity contribution is 6.17. The molecule has 1 N–H and O–H groups in total. The van der Waals surface area contributed by atoms with Crippen LogP contribution >= 0.6 is 11.6 Å². The number of nitrogens with zero attached hydrogens (tertiary/aromatic N) is 1. The van der Waals surface area contributed by atoms with Gasteiger partial charge in [-0.15, -0.1) is 11.6 Å². The fraction of sp³-hybridized carbons (Fsp3) is 1.00. The average Bonchev–Trinajstić information content (AvgIpc) is 2.09. The summed E-state index contributed by atoms with van der Waals surface area (Å²) in [6.45, 7) is 3.46. The maximum Gasteiger partial charge on any atom is 0.0223 e. The van der Waals surface area contributed by atoms with E-state index in [0.717, 1.165) is 25.4 Å². The molecule has 0 radical (unpaired) electrons. The molecule has 0 unspecified atom stereocenters. The average molecular weight is 207 g/mol. The number of hydrogen-bond donors (Lipinski definition) is 1. The predicted octanol–water partition coefficient (Wildman–Crippen LogP) is 1.94. The lowest BCUT2D eigenvalue weighted by Crippen LogP contribution is -2.22. The van der Waals surface area contributed by atoms with Crippen LogP contribution in [0.5, 0.6) is 0 Å². The molecule has 0 aromatic rings. The molecule has 0 bridgehead atoms. The molecule has 0 amide bonds. The van der Waals surface area contributed by atoms with E-state index in [1.165, 1.54) is 25.8 Å². The summed E-state index contributed by atoms with van der Waals surface area (Å²) in [5.74, 6) is 0.806. The molecule has 2 nitrogen and oxygen atoms in total. The molecule has 0 spiro atoms. The Morgan fingerprint density at radius 2 is 1.69 bits per heavy atom. The molecule has 0 aliphatic carbocycles. The second-order valence-corrected chi connectivity index (χ2v) is 4.03. The molecule has 0 fully saturated rings. The van der Waals surface area contributed by atoms with Crippen molar-refractivity contribution in [2.24, 2.45) is 0 Å². The van der Waals surface area contributed by atoms with Crippen LogP contribution in [0.1, 0.15) is 25.7 Å². The molecule has 0 aliphatic rings. The highest BCUT2D eigenvalue weighted by Gasteiger charge is 1.91. The summed E-state index contributed by atoms with van der Waals surface area (Å²) >= 11 is 5.57. The van der Waals surface area contributed by atoms with Gasteiger partial charge in [-0.2, -0.15) is 0 Å². The molecule has 13 heavy (non-hydrogen) atoms. The Morgan fingerprint density at radius 1 is 1.00 bits per heavy atom. The van der Waals surface area contributed by atoms with Gasteiger partial charge in [-0.1, -0.05) is 6.42 Å². The number of rotatable bonds is 9. The first-order valence-corrected chi connectivity index (χ1v) is 5.72. The zero-order valence-electron chi connectivity index (χ0n) is 8.98. The minimum atomic E-state index is 0.806. The van der Waals surface area contributed by atoms with Crippen molar-refractivity contribution in [3.8, 4) is 0 Å². The zero-order valence-corrected chi connectivity index (χ0v) is 9.74. The first-order chi connectivity index (χ1) is 6.27. The number of unbranched alkanes of at least 4 members (excludes halogenated alkanes) is 2. The summed E-state index contributed by atoms with van der Waals surface area (Å²) in [6.07, 6.45) is 4.91. The van der Waals surface area contributed by atoms with Crippen LogP contribution < -0.4 is 5.32 Å². The topological polar surface area (TPSA) is 15.3 Å². The molecule has 0 aliphatic heterocycles. The van der Waals surface area contributed by atoms with E-state index < -0.39 is 0 Å². The Labute approximate surface area is 87.6 Å². The first-order valence-electron chi connectivity index (χ1n) is 5.19. The van der Waals surface area contributed by atoms with E-state index in [1.807, 2.05) is 0 Å². The second-order valence-electron chi connectivity index (χ2n) is 3.66. The molecule has 0 rings (SSSR count). The van der Waals surface area contributed by atoms with Crippen LogP contribution in [0.3, 0.4) is 0 Å². The van der Waals surface area contributed by atoms with Crippen LogP contribution in [0.25, 0.3) is 0 Å². The molecule has 0 aromatic carbocycles. The van der Waals surface area contributed by atoms with Gasteiger partial charge in [0.15, 0.2) is 0 Å². The molecule has 3 heteroatoms. The molecule has 0 aromatic heterocycles. The highest BCUT2D eigenvalue weighted by atomic mass is 35.5. The van der Waals surface area contributed by atoms with Crippen molar-refractivity contribution in [3.05, 3.63) is 0 Å². The maximum atomic E-state index is 5.57. The van der Waals surface area contributed by atoms with E-state index in [-0.39, 0.29) is 0 Å². The van der Waals surface area contributed by atoms with Gasteiger partial charge in [0.2, 0.25) is 0 Å². The van der Waals surface area contributed by atoms with Crippen molar-refractivity contribution in [1.82, 2.24) is 10.2 Å². The van der Waals surface area contributed by atoms with E-state index in [9.17, 15) is 0 Å². The fourth-order valence-electron chi connectivity index (χ4n) is 1.17. The summed E-state index contributed by atoms with van der Waals surface area (Å²) in [4.78, 5) is 2.22. The van der Waals surface area contributed by atoms with Crippen molar-refractivity contribution in [3.63, 3.8) is 0 Å². The van der Waals surface area contributed by atoms with Crippen molar-refractivity contribution in [1.29, 1.82) is 0 Å². The van der Waals surface area contributed by atoms with Crippen LogP contribution in [-0.4, -0.2) is 44.5 Å². The van der Waals surface area contributed by atoms with Gasteiger partial charge in [-0.3, -0.25) is 0 Å². The Bertz CT molecular complexity index is 96.9. The van der Waals surface area contributed by atoms with Crippen LogP contribution in [-0.2, 0) is 0 Å². The van der Waals surface area contributed by atoms with E-state index in [4.69, 9.17) is 11.6 Å². The maximum absolute atomic E-state index is 5.57. The Balaban J connectivity index is 2.84. The summed E-state index contributed by atoms with van der Waals surface area (Å²) in [5, 5.41) is 3.43. The zero-order chi connectivity index (χ0) is 9.94. The predicted molar refractivity (Wildman–Crippen MR) is 60.6 cm³/mol. The van der Waals surface area contributed by atoms with Gasteiger partial charge in [0.25, 0.3) is 0 Å². The van der Waals surface area contributed by atoms with Crippen molar-refractivity contribution in [2.75, 3.05) is 39.6 Å². The summed E-state index contributed by atoms with van der Waals surface area (Å²) in [5.41, 5.74) is 0. The first kappa shape index (κ1) is 13.2. The molecule has 0 atom stereocenters. The standard InChI is InChI=1S/C10H23ClN2/c1-13(2)10-6-9-12-8-5-3-4-7-11/h12H,3-10H2,1-2H3. The Morgan fingerprint density at radius 3 is 2.31 bits per heavy atom. The molecular formula is C10H23ClN2. The highest BCUT2D eigenvalue weighted by Crippen LogP contribution is 1.95. The van der Waals surface area contributed by atoms with Crippen molar-refractivity contribution in [2.45, 2.75) is 25.7 Å². The molecule has 0 heterocycles. The fourth-order valence-corrected chi connectivity index (χ4v) is 1.36. The van der Waals surface area contributed by atoms with Crippen LogP contribution in [0.4, 0.5) is 0 Å². The quantitative estimate of drug-likeness (QED) is 0.458. The SMILES string of the molecule is CN(C)CCCNCCCCCCl. The molecule has 0 saturated carbocycles. The van der Waals surface area contributed by atoms with E-state index in [0.29, 0.717) is 0 Å². The smallest absolute Gasteiger partial charge is 0.0223 e. The van der Waals surface area contributed by atoms with Crippen molar-refractivity contribution >= 4 is 11.6 Å². The molecular weight excluding hydrogens is 184 g/mol. The third-order valence-corrected chi connectivity index (χ3v) is 2.21. The van der Waals surface area contributed by atoms with Crippen LogP contribution in [0.15, 0.2) is 0 Å². The number of hydrogen-bond acceptors (Lipinski definition) is 2. The Hall–Kier alpha value is 0.210. The third kappa shape index (κ3) is 12.2. The van der Waals surface area contributed by atoms with Gasteiger partial charge in [-0.05, 0) is 53.0 Å². The van der Waals surface area contributed by atoms with Gasteiger partial charge in [-0.25, -0.2) is 0 Å². The normalized spacial score (nSPS) is 11.1.